The maximum Gasteiger partial charge on any atom is 0.317 e. The van der Waals surface area contributed by atoms with Gasteiger partial charge in [0, 0.05) is 19.6 Å². The number of likely N-dealkylation sites (tertiary alicyclic amines) is 1. The van der Waals surface area contributed by atoms with Crippen molar-refractivity contribution in [3.63, 3.8) is 0 Å². The summed E-state index contributed by atoms with van der Waals surface area (Å²) >= 11 is 0. The van der Waals surface area contributed by atoms with Crippen LogP contribution in [0.3, 0.4) is 0 Å². The first kappa shape index (κ1) is 16.5. The van der Waals surface area contributed by atoms with Crippen LogP contribution in [0.15, 0.2) is 24.3 Å². The molecule has 6 heteroatoms. The van der Waals surface area contributed by atoms with Crippen LogP contribution in [0.2, 0.25) is 0 Å². The molecule has 1 saturated heterocycles. The topological polar surface area (TPSA) is 41.6 Å². The number of carbonyl (C=O) groups is 1. The van der Waals surface area contributed by atoms with Gasteiger partial charge < -0.3 is 15.0 Å². The molecule has 1 aromatic rings. The number of carbonyl (C=O) groups excluding carboxylic acids is 1. The Morgan fingerprint density at radius 2 is 2.14 bits per heavy atom. The minimum atomic E-state index is -2.50. The van der Waals surface area contributed by atoms with E-state index in [0.717, 1.165) is 31.5 Å². The Bertz CT molecular complexity index is 489. The molecule has 22 heavy (non-hydrogen) atoms. The second kappa shape index (κ2) is 7.96. The highest BCUT2D eigenvalue weighted by Gasteiger charge is 2.19. The zero-order valence-corrected chi connectivity index (χ0v) is 12.7. The lowest BCUT2D eigenvalue weighted by Gasteiger charge is -2.30. The van der Waals surface area contributed by atoms with Crippen molar-refractivity contribution in [1.29, 1.82) is 0 Å². The maximum absolute atomic E-state index is 12.1. The van der Waals surface area contributed by atoms with E-state index in [1.807, 2.05) is 11.0 Å². The van der Waals surface area contributed by atoms with E-state index in [0.29, 0.717) is 18.2 Å². The van der Waals surface area contributed by atoms with Gasteiger partial charge in [0.2, 0.25) is 0 Å². The molecule has 0 spiro atoms. The molecule has 0 aromatic heterocycles. The average Bonchev–Trinajstić information content (AvgIpc) is 2.52. The van der Waals surface area contributed by atoms with Crippen LogP contribution >= 0.6 is 0 Å². The van der Waals surface area contributed by atoms with Crippen molar-refractivity contribution in [1.82, 2.24) is 10.2 Å². The van der Waals surface area contributed by atoms with Crippen molar-refractivity contribution in [2.45, 2.75) is 32.7 Å². The smallest absolute Gasteiger partial charge is 0.317 e. The van der Waals surface area contributed by atoms with Crippen LogP contribution < -0.4 is 10.1 Å². The Hall–Kier alpha value is -1.85. The van der Waals surface area contributed by atoms with Gasteiger partial charge in [-0.1, -0.05) is 19.1 Å². The molecule has 0 unspecified atom stereocenters. The van der Waals surface area contributed by atoms with E-state index in [9.17, 15) is 13.6 Å². The number of rotatable bonds is 5. The Morgan fingerprint density at radius 1 is 1.41 bits per heavy atom. The fourth-order valence-corrected chi connectivity index (χ4v) is 2.41. The van der Waals surface area contributed by atoms with Crippen LogP contribution in [0.4, 0.5) is 13.6 Å². The molecule has 1 aliphatic heterocycles. The molecule has 0 atom stereocenters. The van der Waals surface area contributed by atoms with Crippen molar-refractivity contribution < 1.29 is 18.3 Å². The van der Waals surface area contributed by atoms with E-state index < -0.39 is 13.0 Å². The van der Waals surface area contributed by atoms with Crippen LogP contribution in [0.5, 0.6) is 5.75 Å². The normalized spacial score (nSPS) is 15.9. The molecule has 0 radical (unpaired) electrons. The summed E-state index contributed by atoms with van der Waals surface area (Å²) in [7, 11) is 0. The molecule has 4 nitrogen and oxygen atoms in total. The lowest BCUT2D eigenvalue weighted by molar-refractivity contribution is 0.0818. The summed E-state index contributed by atoms with van der Waals surface area (Å²) in [6.07, 6.45) is -0.431. The second-order valence-electron chi connectivity index (χ2n) is 5.68. The molecular weight excluding hydrogens is 290 g/mol. The standard InChI is InChI=1S/C16H22F2N2O2/c1-12-5-7-20(8-6-12)16(21)19-10-13-3-2-4-14(9-13)22-11-15(17)18/h2-4,9,12,15H,5-8,10-11H2,1H3,(H,19,21). The first-order chi connectivity index (χ1) is 10.5. The Kier molecular flexibility index (Phi) is 5.98. The van der Waals surface area contributed by atoms with E-state index >= 15 is 0 Å². The van der Waals surface area contributed by atoms with Gasteiger partial charge in [-0.25, -0.2) is 13.6 Å². The highest BCUT2D eigenvalue weighted by Crippen LogP contribution is 2.17. The molecule has 122 valence electrons. The monoisotopic (exact) mass is 312 g/mol. The third-order valence-corrected chi connectivity index (χ3v) is 3.79. The Morgan fingerprint density at radius 3 is 2.82 bits per heavy atom. The summed E-state index contributed by atoms with van der Waals surface area (Å²) in [6, 6.07) is 6.77. The number of halogens is 2. The van der Waals surface area contributed by atoms with Gasteiger partial charge >= 0.3 is 6.03 Å². The van der Waals surface area contributed by atoms with Gasteiger partial charge in [-0.05, 0) is 36.5 Å². The van der Waals surface area contributed by atoms with E-state index in [1.54, 1.807) is 18.2 Å². The van der Waals surface area contributed by atoms with Gasteiger partial charge in [-0.2, -0.15) is 0 Å². The number of urea groups is 1. The van der Waals surface area contributed by atoms with Crippen molar-refractivity contribution >= 4 is 6.03 Å². The molecule has 1 fully saturated rings. The largest absolute Gasteiger partial charge is 0.488 e. The quantitative estimate of drug-likeness (QED) is 0.906. The average molecular weight is 312 g/mol. The number of nitrogens with one attached hydrogen (secondary N) is 1. The lowest BCUT2D eigenvalue weighted by Crippen LogP contribution is -2.43. The zero-order valence-electron chi connectivity index (χ0n) is 12.7. The maximum atomic E-state index is 12.1. The van der Waals surface area contributed by atoms with Crippen molar-refractivity contribution in [2.75, 3.05) is 19.7 Å². The lowest BCUT2D eigenvalue weighted by atomic mass is 10.00. The third kappa shape index (κ3) is 5.16. The summed E-state index contributed by atoms with van der Waals surface area (Å²) in [4.78, 5) is 13.9. The first-order valence-corrected chi connectivity index (χ1v) is 7.57. The van der Waals surface area contributed by atoms with Gasteiger partial charge in [0.1, 0.15) is 12.4 Å². The Labute approximate surface area is 129 Å². The highest BCUT2D eigenvalue weighted by atomic mass is 19.3. The molecular formula is C16H22F2N2O2. The molecule has 1 aliphatic rings. The molecule has 2 amide bonds. The second-order valence-corrected chi connectivity index (χ2v) is 5.68. The van der Waals surface area contributed by atoms with Crippen molar-refractivity contribution in [2.24, 2.45) is 5.92 Å². The van der Waals surface area contributed by atoms with Gasteiger partial charge in [0.15, 0.2) is 0 Å². The molecule has 1 aromatic carbocycles. The van der Waals surface area contributed by atoms with Crippen LogP contribution in [0.25, 0.3) is 0 Å². The van der Waals surface area contributed by atoms with Gasteiger partial charge in [0.25, 0.3) is 6.43 Å². The summed E-state index contributed by atoms with van der Waals surface area (Å²) in [6.45, 7) is 3.49. The highest BCUT2D eigenvalue weighted by molar-refractivity contribution is 5.74. The molecule has 0 saturated carbocycles. The minimum Gasteiger partial charge on any atom is -0.488 e. The number of amides is 2. The van der Waals surface area contributed by atoms with Crippen LogP contribution in [-0.2, 0) is 6.54 Å². The van der Waals surface area contributed by atoms with E-state index in [-0.39, 0.29) is 6.03 Å². The summed E-state index contributed by atoms with van der Waals surface area (Å²) in [5.41, 5.74) is 0.825. The number of hydrogen-bond acceptors (Lipinski definition) is 2. The van der Waals surface area contributed by atoms with Gasteiger partial charge in [-0.3, -0.25) is 0 Å². The van der Waals surface area contributed by atoms with E-state index in [4.69, 9.17) is 4.74 Å². The van der Waals surface area contributed by atoms with Gasteiger partial charge in [-0.15, -0.1) is 0 Å². The molecule has 0 aliphatic carbocycles. The first-order valence-electron chi connectivity index (χ1n) is 7.57. The van der Waals surface area contributed by atoms with Crippen LogP contribution in [0.1, 0.15) is 25.3 Å². The fourth-order valence-electron chi connectivity index (χ4n) is 2.41. The zero-order chi connectivity index (χ0) is 15.9. The number of alkyl halides is 2. The van der Waals surface area contributed by atoms with Crippen molar-refractivity contribution in [3.8, 4) is 5.75 Å². The van der Waals surface area contributed by atoms with Gasteiger partial charge in [0.05, 0.1) is 0 Å². The summed E-state index contributed by atoms with van der Waals surface area (Å²) in [5.74, 6) is 1.06. The fraction of sp³-hybridized carbons (Fsp3) is 0.562. The number of benzene rings is 1. The van der Waals surface area contributed by atoms with Crippen LogP contribution in [-0.4, -0.2) is 37.1 Å². The van der Waals surface area contributed by atoms with Crippen molar-refractivity contribution in [3.05, 3.63) is 29.8 Å². The SMILES string of the molecule is CC1CCN(C(=O)NCc2cccc(OCC(F)F)c2)CC1. The summed E-state index contributed by atoms with van der Waals surface area (Å²) in [5, 5.41) is 2.86. The predicted molar refractivity (Wildman–Crippen MR) is 80.1 cm³/mol. The minimum absolute atomic E-state index is 0.0780. The molecule has 1 N–H and O–H groups in total. The third-order valence-electron chi connectivity index (χ3n) is 3.79. The predicted octanol–water partition coefficient (Wildman–Crippen LogP) is 3.27. The molecule has 2 rings (SSSR count). The van der Waals surface area contributed by atoms with Crippen LogP contribution in [0, 0.1) is 5.92 Å². The molecule has 1 heterocycles. The molecule has 0 bridgehead atoms. The number of nitrogens with zero attached hydrogens (tertiary/aromatic N) is 1. The van der Waals surface area contributed by atoms with E-state index in [1.165, 1.54) is 0 Å². The number of ether oxygens (including phenoxy) is 1. The summed E-state index contributed by atoms with van der Waals surface area (Å²) < 4.78 is 29.2. The van der Waals surface area contributed by atoms with E-state index in [2.05, 4.69) is 12.2 Å². The number of hydrogen-bond donors (Lipinski definition) is 1. The number of piperidine rings is 1. The Balaban J connectivity index is 1.80.